The maximum Gasteiger partial charge on any atom is 0.264 e. The van der Waals surface area contributed by atoms with Gasteiger partial charge in [0.2, 0.25) is 0 Å². The molecule has 5 nitrogen and oxygen atoms in total. The summed E-state index contributed by atoms with van der Waals surface area (Å²) in [4.78, 5) is 3.47. The number of benzene rings is 1. The number of halogens is 1. The van der Waals surface area contributed by atoms with Gasteiger partial charge in [-0.25, -0.2) is 12.8 Å². The van der Waals surface area contributed by atoms with Crippen LogP contribution in [-0.4, -0.2) is 13.4 Å². The van der Waals surface area contributed by atoms with Crippen molar-refractivity contribution in [1.82, 2.24) is 4.98 Å². The fraction of sp³-hybridized carbons (Fsp3) is 0. The average Bonchev–Trinajstić information content (AvgIpc) is 2.33. The highest BCUT2D eigenvalue weighted by Gasteiger charge is 2.18. The third kappa shape index (κ3) is 2.57. The van der Waals surface area contributed by atoms with E-state index >= 15 is 0 Å². The number of nitrogen functional groups attached to an aromatic ring is 1. The first-order chi connectivity index (χ1) is 8.49. The zero-order valence-electron chi connectivity index (χ0n) is 9.17. The van der Waals surface area contributed by atoms with Crippen LogP contribution in [0.4, 0.5) is 15.8 Å². The Kier molecular flexibility index (Phi) is 3.15. The minimum absolute atomic E-state index is 0.0206. The van der Waals surface area contributed by atoms with Crippen LogP contribution in [0.2, 0.25) is 0 Å². The molecule has 0 atom stereocenters. The molecule has 1 heterocycles. The highest BCUT2D eigenvalue weighted by Crippen LogP contribution is 2.21. The molecule has 7 heteroatoms. The summed E-state index contributed by atoms with van der Waals surface area (Å²) in [5, 5.41) is 0. The van der Waals surface area contributed by atoms with E-state index in [9.17, 15) is 12.8 Å². The predicted octanol–water partition coefficient (Wildman–Crippen LogP) is 1.60. The summed E-state index contributed by atoms with van der Waals surface area (Å²) < 4.78 is 39.3. The maximum atomic E-state index is 13.1. The van der Waals surface area contributed by atoms with Crippen LogP contribution in [0.3, 0.4) is 0 Å². The van der Waals surface area contributed by atoms with E-state index in [-0.39, 0.29) is 16.3 Å². The van der Waals surface area contributed by atoms with Crippen LogP contribution in [0.5, 0.6) is 0 Å². The second kappa shape index (κ2) is 4.61. The van der Waals surface area contributed by atoms with Crippen molar-refractivity contribution < 1.29 is 12.8 Å². The molecule has 0 amide bonds. The Morgan fingerprint density at radius 2 is 2.06 bits per heavy atom. The number of hydrogen-bond acceptors (Lipinski definition) is 4. The molecule has 0 bridgehead atoms. The highest BCUT2D eigenvalue weighted by molar-refractivity contribution is 7.92. The van der Waals surface area contributed by atoms with Crippen LogP contribution < -0.4 is 10.5 Å². The summed E-state index contributed by atoms with van der Waals surface area (Å²) in [6.07, 6.45) is 2.85. The minimum atomic E-state index is -3.92. The first-order valence-electron chi connectivity index (χ1n) is 4.97. The van der Waals surface area contributed by atoms with Gasteiger partial charge in [-0.3, -0.25) is 9.71 Å². The maximum absolute atomic E-state index is 13.1. The summed E-state index contributed by atoms with van der Waals surface area (Å²) in [5.74, 6) is -0.671. The molecular weight excluding hydrogens is 257 g/mol. The van der Waals surface area contributed by atoms with E-state index in [1.807, 2.05) is 0 Å². The Labute approximate surface area is 104 Å². The third-order valence-corrected chi connectivity index (χ3v) is 3.62. The SMILES string of the molecule is Nc1ccc(F)cc1S(=O)(=O)Nc1cccnc1. The van der Waals surface area contributed by atoms with Gasteiger partial charge in [0.1, 0.15) is 10.7 Å². The number of aromatic nitrogens is 1. The standard InChI is InChI=1S/C11H10FN3O2S/c12-8-3-4-10(13)11(6-8)18(16,17)15-9-2-1-5-14-7-9/h1-7,15H,13H2. The Morgan fingerprint density at radius 3 is 2.72 bits per heavy atom. The largest absolute Gasteiger partial charge is 0.398 e. The number of rotatable bonds is 3. The zero-order chi connectivity index (χ0) is 13.2. The molecule has 1 aromatic heterocycles. The smallest absolute Gasteiger partial charge is 0.264 e. The van der Waals surface area contributed by atoms with Crippen molar-refractivity contribution in [2.45, 2.75) is 4.90 Å². The lowest BCUT2D eigenvalue weighted by molar-refractivity contribution is 0.596. The van der Waals surface area contributed by atoms with Crippen LogP contribution in [0.1, 0.15) is 0 Å². The van der Waals surface area contributed by atoms with Gasteiger partial charge in [0.15, 0.2) is 0 Å². The number of anilines is 2. The number of sulfonamides is 1. The molecule has 0 aliphatic heterocycles. The highest BCUT2D eigenvalue weighted by atomic mass is 32.2. The van der Waals surface area contributed by atoms with Crippen LogP contribution in [0.15, 0.2) is 47.6 Å². The van der Waals surface area contributed by atoms with Crippen LogP contribution in [0, 0.1) is 5.82 Å². The van der Waals surface area contributed by atoms with Crippen molar-refractivity contribution in [3.63, 3.8) is 0 Å². The van der Waals surface area contributed by atoms with Gasteiger partial charge in [0, 0.05) is 6.20 Å². The van der Waals surface area contributed by atoms with E-state index in [0.717, 1.165) is 12.1 Å². The van der Waals surface area contributed by atoms with E-state index in [1.54, 1.807) is 6.07 Å². The van der Waals surface area contributed by atoms with Gasteiger partial charge in [0.05, 0.1) is 17.6 Å². The number of pyridine rings is 1. The molecule has 0 aliphatic carbocycles. The van der Waals surface area contributed by atoms with Gasteiger partial charge in [-0.1, -0.05) is 0 Å². The molecule has 2 rings (SSSR count). The molecule has 94 valence electrons. The lowest BCUT2D eigenvalue weighted by Crippen LogP contribution is -2.15. The summed E-state index contributed by atoms with van der Waals surface area (Å²) in [7, 11) is -3.92. The monoisotopic (exact) mass is 267 g/mol. The lowest BCUT2D eigenvalue weighted by Gasteiger charge is -2.09. The fourth-order valence-electron chi connectivity index (χ4n) is 1.37. The summed E-state index contributed by atoms with van der Waals surface area (Å²) in [5.41, 5.74) is 5.79. The molecule has 1 aromatic carbocycles. The van der Waals surface area contributed by atoms with Gasteiger partial charge in [-0.15, -0.1) is 0 Å². The molecule has 18 heavy (non-hydrogen) atoms. The quantitative estimate of drug-likeness (QED) is 0.827. The normalized spacial score (nSPS) is 11.2. The van der Waals surface area contributed by atoms with Gasteiger partial charge in [0.25, 0.3) is 10.0 Å². The Balaban J connectivity index is 2.40. The van der Waals surface area contributed by atoms with E-state index in [0.29, 0.717) is 0 Å². The molecule has 0 spiro atoms. The molecule has 0 saturated heterocycles. The number of nitrogens with zero attached hydrogens (tertiary/aromatic N) is 1. The minimum Gasteiger partial charge on any atom is -0.398 e. The second-order valence-corrected chi connectivity index (χ2v) is 5.18. The molecule has 0 aliphatic rings. The van der Waals surface area contributed by atoms with Crippen molar-refractivity contribution in [3.05, 3.63) is 48.5 Å². The molecule has 0 fully saturated rings. The predicted molar refractivity (Wildman–Crippen MR) is 65.9 cm³/mol. The van der Waals surface area contributed by atoms with Gasteiger partial charge in [-0.2, -0.15) is 0 Å². The third-order valence-electron chi connectivity index (χ3n) is 2.18. The van der Waals surface area contributed by atoms with E-state index in [1.165, 1.54) is 24.5 Å². The summed E-state index contributed by atoms with van der Waals surface area (Å²) >= 11 is 0. The lowest BCUT2D eigenvalue weighted by atomic mass is 10.3. The molecule has 0 radical (unpaired) electrons. The summed E-state index contributed by atoms with van der Waals surface area (Å²) in [6, 6.07) is 6.27. The average molecular weight is 267 g/mol. The van der Waals surface area contributed by atoms with Crippen molar-refractivity contribution in [2.75, 3.05) is 10.5 Å². The van der Waals surface area contributed by atoms with E-state index in [2.05, 4.69) is 9.71 Å². The summed E-state index contributed by atoms with van der Waals surface area (Å²) in [6.45, 7) is 0. The van der Waals surface area contributed by atoms with E-state index in [4.69, 9.17) is 5.73 Å². The first kappa shape index (κ1) is 12.3. The first-order valence-corrected chi connectivity index (χ1v) is 6.45. The zero-order valence-corrected chi connectivity index (χ0v) is 9.99. The van der Waals surface area contributed by atoms with Gasteiger partial charge >= 0.3 is 0 Å². The second-order valence-electron chi connectivity index (χ2n) is 3.53. The Bertz CT molecular complexity index is 659. The van der Waals surface area contributed by atoms with Crippen molar-refractivity contribution >= 4 is 21.4 Å². The van der Waals surface area contributed by atoms with E-state index < -0.39 is 15.8 Å². The number of nitrogens with one attached hydrogen (secondary N) is 1. The molecule has 2 aromatic rings. The Hall–Kier alpha value is -2.15. The molecule has 3 N–H and O–H groups in total. The van der Waals surface area contributed by atoms with Crippen LogP contribution >= 0.6 is 0 Å². The Morgan fingerprint density at radius 1 is 1.28 bits per heavy atom. The molecule has 0 saturated carbocycles. The van der Waals surface area contributed by atoms with Crippen LogP contribution in [0.25, 0.3) is 0 Å². The van der Waals surface area contributed by atoms with Crippen molar-refractivity contribution in [2.24, 2.45) is 0 Å². The molecule has 0 unspecified atom stereocenters. The van der Waals surface area contributed by atoms with Crippen molar-refractivity contribution in [1.29, 1.82) is 0 Å². The topological polar surface area (TPSA) is 85.1 Å². The van der Waals surface area contributed by atoms with Gasteiger partial charge < -0.3 is 5.73 Å². The van der Waals surface area contributed by atoms with Crippen molar-refractivity contribution in [3.8, 4) is 0 Å². The van der Waals surface area contributed by atoms with Gasteiger partial charge in [-0.05, 0) is 30.3 Å². The number of hydrogen-bond donors (Lipinski definition) is 2. The molecular formula is C11H10FN3O2S. The number of nitrogens with two attached hydrogens (primary N) is 1. The van der Waals surface area contributed by atoms with Crippen LogP contribution in [-0.2, 0) is 10.0 Å². The fourth-order valence-corrected chi connectivity index (χ4v) is 2.56.